The SMILES string of the molecule is CSc1ncc(/C=C/NC(=O)c2cc(Br)c(Br)n2COCc2ccccc2)n1COCc1ccccc1. The Bertz CT molecular complexity index is 1340. The number of benzene rings is 2. The van der Waals surface area contributed by atoms with Crippen molar-refractivity contribution in [3.8, 4) is 0 Å². The van der Waals surface area contributed by atoms with Gasteiger partial charge in [-0.1, -0.05) is 72.4 Å². The highest BCUT2D eigenvalue weighted by Gasteiger charge is 2.17. The number of hydrogen-bond acceptors (Lipinski definition) is 5. The fourth-order valence-corrected chi connectivity index (χ4v) is 4.91. The van der Waals surface area contributed by atoms with E-state index in [-0.39, 0.29) is 12.6 Å². The zero-order valence-corrected chi connectivity index (χ0v) is 24.1. The number of nitrogens with zero attached hydrogens (tertiary/aromatic N) is 3. The van der Waals surface area contributed by atoms with Crippen molar-refractivity contribution in [1.82, 2.24) is 19.4 Å². The van der Waals surface area contributed by atoms with Crippen LogP contribution in [0.15, 0.2) is 93.4 Å². The van der Waals surface area contributed by atoms with E-state index in [1.165, 1.54) is 11.8 Å². The zero-order chi connectivity index (χ0) is 26.0. The summed E-state index contributed by atoms with van der Waals surface area (Å²) in [6, 6.07) is 21.7. The number of ether oxygens (including phenoxy) is 2. The summed E-state index contributed by atoms with van der Waals surface area (Å²) in [5, 5.41) is 3.68. The van der Waals surface area contributed by atoms with Crippen LogP contribution in [0.1, 0.15) is 27.3 Å². The van der Waals surface area contributed by atoms with Crippen LogP contribution in [0.3, 0.4) is 0 Å². The van der Waals surface area contributed by atoms with E-state index >= 15 is 0 Å². The third kappa shape index (κ3) is 7.45. The number of halogens is 2. The summed E-state index contributed by atoms with van der Waals surface area (Å²) < 4.78 is 17.0. The lowest BCUT2D eigenvalue weighted by atomic mass is 10.2. The van der Waals surface area contributed by atoms with Gasteiger partial charge in [-0.15, -0.1) is 0 Å². The second-order valence-electron chi connectivity index (χ2n) is 7.93. The van der Waals surface area contributed by atoms with Crippen molar-refractivity contribution in [2.24, 2.45) is 0 Å². The second-order valence-corrected chi connectivity index (χ2v) is 10.3. The smallest absolute Gasteiger partial charge is 0.271 e. The predicted molar refractivity (Wildman–Crippen MR) is 153 cm³/mol. The summed E-state index contributed by atoms with van der Waals surface area (Å²) in [6.45, 7) is 1.51. The Hall–Kier alpha value is -2.63. The largest absolute Gasteiger partial charge is 0.356 e. The van der Waals surface area contributed by atoms with Gasteiger partial charge in [0.2, 0.25) is 0 Å². The zero-order valence-electron chi connectivity index (χ0n) is 20.1. The molecule has 0 bridgehead atoms. The summed E-state index contributed by atoms with van der Waals surface area (Å²) in [5.41, 5.74) is 3.45. The van der Waals surface area contributed by atoms with Gasteiger partial charge in [-0.25, -0.2) is 4.98 Å². The number of aromatic nitrogens is 3. The molecule has 2 aromatic carbocycles. The quantitative estimate of drug-likeness (QED) is 0.174. The molecule has 0 fully saturated rings. The predicted octanol–water partition coefficient (Wildman–Crippen LogP) is 6.68. The monoisotopic (exact) mass is 644 g/mol. The average molecular weight is 646 g/mol. The van der Waals surface area contributed by atoms with E-state index in [1.54, 1.807) is 29.1 Å². The maximum Gasteiger partial charge on any atom is 0.271 e. The van der Waals surface area contributed by atoms with Gasteiger partial charge in [-0.3, -0.25) is 9.36 Å². The Labute approximate surface area is 237 Å². The molecule has 2 heterocycles. The molecule has 1 N–H and O–H groups in total. The minimum atomic E-state index is -0.262. The fourth-order valence-electron chi connectivity index (χ4n) is 3.54. The van der Waals surface area contributed by atoms with Crippen molar-refractivity contribution in [2.45, 2.75) is 31.8 Å². The molecule has 4 rings (SSSR count). The normalized spacial score (nSPS) is 11.3. The first-order valence-corrected chi connectivity index (χ1v) is 14.2. The van der Waals surface area contributed by atoms with Crippen LogP contribution < -0.4 is 5.32 Å². The lowest BCUT2D eigenvalue weighted by molar-refractivity contribution is 0.0583. The maximum atomic E-state index is 13.0. The van der Waals surface area contributed by atoms with Gasteiger partial charge >= 0.3 is 0 Å². The Morgan fingerprint density at radius 1 is 0.973 bits per heavy atom. The molecule has 1 amide bonds. The molecule has 2 aromatic heterocycles. The summed E-state index contributed by atoms with van der Waals surface area (Å²) in [4.78, 5) is 17.5. The van der Waals surface area contributed by atoms with E-state index in [2.05, 4.69) is 42.2 Å². The van der Waals surface area contributed by atoms with Gasteiger partial charge in [-0.05, 0) is 61.4 Å². The lowest BCUT2D eigenvalue weighted by Gasteiger charge is -2.11. The summed E-state index contributed by atoms with van der Waals surface area (Å²) in [5.74, 6) is -0.262. The first kappa shape index (κ1) is 27.4. The third-order valence-corrected chi connectivity index (χ3v) is 8.07. The van der Waals surface area contributed by atoms with E-state index < -0.39 is 0 Å². The topological polar surface area (TPSA) is 70.3 Å². The molecule has 10 heteroatoms. The Balaban J connectivity index is 1.38. The van der Waals surface area contributed by atoms with Gasteiger partial charge < -0.3 is 19.4 Å². The summed E-state index contributed by atoms with van der Waals surface area (Å²) in [7, 11) is 0. The highest BCUT2D eigenvalue weighted by molar-refractivity contribution is 9.13. The molecular weight excluding hydrogens is 620 g/mol. The summed E-state index contributed by atoms with van der Waals surface area (Å²) >= 11 is 8.56. The minimum Gasteiger partial charge on any atom is -0.356 e. The molecule has 0 radical (unpaired) electrons. The van der Waals surface area contributed by atoms with E-state index in [9.17, 15) is 4.79 Å². The number of hydrogen-bond donors (Lipinski definition) is 1. The molecule has 0 atom stereocenters. The molecular formula is C27H26Br2N4O3S. The minimum absolute atomic E-state index is 0.218. The van der Waals surface area contributed by atoms with Gasteiger partial charge in [0.25, 0.3) is 5.91 Å². The first-order valence-electron chi connectivity index (χ1n) is 11.4. The molecule has 0 aliphatic heterocycles. The highest BCUT2D eigenvalue weighted by Crippen LogP contribution is 2.28. The van der Waals surface area contributed by atoms with Crippen LogP contribution in [0.5, 0.6) is 0 Å². The Morgan fingerprint density at radius 2 is 1.57 bits per heavy atom. The van der Waals surface area contributed by atoms with Crippen molar-refractivity contribution in [2.75, 3.05) is 6.26 Å². The van der Waals surface area contributed by atoms with Crippen LogP contribution in [-0.4, -0.2) is 26.3 Å². The van der Waals surface area contributed by atoms with Gasteiger partial charge in [0, 0.05) is 6.20 Å². The average Bonchev–Trinajstić information content (AvgIpc) is 3.45. The van der Waals surface area contributed by atoms with Crippen LogP contribution in [0, 0.1) is 0 Å². The van der Waals surface area contributed by atoms with Crippen LogP contribution in [-0.2, 0) is 36.1 Å². The molecule has 4 aromatic rings. The molecule has 0 spiro atoms. The Kier molecular flexibility index (Phi) is 10.2. The molecule has 0 aliphatic carbocycles. The van der Waals surface area contributed by atoms with E-state index in [1.807, 2.05) is 71.5 Å². The van der Waals surface area contributed by atoms with Crippen molar-refractivity contribution in [1.29, 1.82) is 0 Å². The van der Waals surface area contributed by atoms with Crippen LogP contribution in [0.2, 0.25) is 0 Å². The molecule has 0 saturated heterocycles. The summed E-state index contributed by atoms with van der Waals surface area (Å²) in [6.07, 6.45) is 7.14. The standard InChI is InChI=1S/C27H26Br2N4O3S/c1-37-27-31-15-22(32(27)18-35-16-20-8-4-2-5-9-20)12-13-30-26(34)24-14-23(28)25(29)33(24)19-36-17-21-10-6-3-7-11-21/h2-15H,16-19H2,1H3,(H,30,34)/b13-12+. The molecule has 7 nitrogen and oxygen atoms in total. The van der Waals surface area contributed by atoms with Crippen LogP contribution in [0.4, 0.5) is 0 Å². The lowest BCUT2D eigenvalue weighted by Crippen LogP contribution is -2.21. The van der Waals surface area contributed by atoms with Gasteiger partial charge in [0.1, 0.15) is 23.8 Å². The van der Waals surface area contributed by atoms with Crippen LogP contribution >= 0.6 is 43.6 Å². The van der Waals surface area contributed by atoms with E-state index in [0.717, 1.165) is 31.1 Å². The second kappa shape index (κ2) is 13.8. The van der Waals surface area contributed by atoms with Crippen molar-refractivity contribution in [3.63, 3.8) is 0 Å². The number of carbonyl (C=O) groups is 1. The fraction of sp³-hybridized carbons (Fsp3) is 0.185. The number of amides is 1. The number of nitrogens with one attached hydrogen (secondary N) is 1. The Morgan fingerprint density at radius 3 is 2.16 bits per heavy atom. The van der Waals surface area contributed by atoms with E-state index in [4.69, 9.17) is 9.47 Å². The van der Waals surface area contributed by atoms with Crippen molar-refractivity contribution in [3.05, 3.63) is 111 Å². The van der Waals surface area contributed by atoms with Gasteiger partial charge in [-0.2, -0.15) is 0 Å². The number of imidazole rings is 1. The van der Waals surface area contributed by atoms with E-state index in [0.29, 0.717) is 25.6 Å². The number of thioether (sulfide) groups is 1. The number of carbonyl (C=O) groups excluding carboxylic acids is 1. The molecule has 37 heavy (non-hydrogen) atoms. The molecule has 0 aliphatic rings. The van der Waals surface area contributed by atoms with Gasteiger partial charge in [0.05, 0.1) is 29.6 Å². The van der Waals surface area contributed by atoms with Crippen molar-refractivity contribution >= 4 is 55.6 Å². The van der Waals surface area contributed by atoms with Gasteiger partial charge in [0.15, 0.2) is 5.16 Å². The maximum absolute atomic E-state index is 13.0. The highest BCUT2D eigenvalue weighted by atomic mass is 79.9. The molecule has 0 saturated carbocycles. The third-order valence-electron chi connectivity index (χ3n) is 5.39. The molecule has 0 unspecified atom stereocenters. The first-order chi connectivity index (χ1) is 18.1. The van der Waals surface area contributed by atoms with Crippen LogP contribution in [0.25, 0.3) is 6.08 Å². The number of rotatable bonds is 12. The molecule has 192 valence electrons. The van der Waals surface area contributed by atoms with Crippen molar-refractivity contribution < 1.29 is 14.3 Å².